The van der Waals surface area contributed by atoms with Crippen molar-refractivity contribution in [1.29, 1.82) is 0 Å². The van der Waals surface area contributed by atoms with Crippen LogP contribution in [0.25, 0.3) is 0 Å². The van der Waals surface area contributed by atoms with Crippen LogP contribution in [0.3, 0.4) is 0 Å². The van der Waals surface area contributed by atoms with Crippen LogP contribution in [-0.4, -0.2) is 0 Å². The first-order chi connectivity index (χ1) is 7.66. The lowest BCUT2D eigenvalue weighted by atomic mass is 9.81. The first-order valence-corrected chi connectivity index (χ1v) is 6.64. The molecule has 0 aromatic heterocycles. The molecule has 0 aliphatic heterocycles. The lowest BCUT2D eigenvalue weighted by molar-refractivity contribution is 0.308. The Hall–Kier alpha value is -0.240. The maximum absolute atomic E-state index is 6.29. The minimum absolute atomic E-state index is 0.0801. The van der Waals surface area contributed by atoms with Gasteiger partial charge < -0.3 is 5.73 Å². The van der Waals surface area contributed by atoms with Crippen LogP contribution in [0.1, 0.15) is 43.7 Å². The van der Waals surface area contributed by atoms with Gasteiger partial charge in [-0.3, -0.25) is 0 Å². The number of halogens is 2. The third-order valence-corrected chi connectivity index (χ3v) is 3.86. The molecule has 88 valence electrons. The largest absolute Gasteiger partial charge is 0.324 e. The maximum Gasteiger partial charge on any atom is 0.0424 e. The van der Waals surface area contributed by atoms with Crippen molar-refractivity contribution in [2.45, 2.75) is 38.1 Å². The lowest BCUT2D eigenvalue weighted by Crippen LogP contribution is -2.23. The summed E-state index contributed by atoms with van der Waals surface area (Å²) in [5.74, 6) is 0.586. The van der Waals surface area contributed by atoms with Crippen LogP contribution in [0.2, 0.25) is 10.0 Å². The van der Waals surface area contributed by atoms with Crippen LogP contribution in [0.4, 0.5) is 0 Å². The predicted molar refractivity (Wildman–Crippen MR) is 70.0 cm³/mol. The van der Waals surface area contributed by atoms with Crippen LogP contribution in [0.5, 0.6) is 0 Å². The van der Waals surface area contributed by atoms with Gasteiger partial charge in [0.2, 0.25) is 0 Å². The number of benzene rings is 1. The summed E-state index contributed by atoms with van der Waals surface area (Å²) in [6.45, 7) is 0. The van der Waals surface area contributed by atoms with Crippen molar-refractivity contribution in [3.8, 4) is 0 Å². The Kier molecular flexibility index (Phi) is 4.12. The fraction of sp³-hybridized carbons (Fsp3) is 0.538. The van der Waals surface area contributed by atoms with Crippen molar-refractivity contribution in [3.63, 3.8) is 0 Å². The average molecular weight is 258 g/mol. The SMILES string of the molecule is N[C@@H](c1cc(Cl)cc(Cl)c1)C1CCCCC1. The van der Waals surface area contributed by atoms with Gasteiger partial charge in [0.05, 0.1) is 0 Å². The first-order valence-electron chi connectivity index (χ1n) is 5.88. The number of hydrogen-bond donors (Lipinski definition) is 1. The van der Waals surface area contributed by atoms with Gasteiger partial charge in [0.1, 0.15) is 0 Å². The van der Waals surface area contributed by atoms with Gasteiger partial charge in [0, 0.05) is 16.1 Å². The zero-order chi connectivity index (χ0) is 11.5. The summed E-state index contributed by atoms with van der Waals surface area (Å²) in [6, 6.07) is 5.70. The second kappa shape index (κ2) is 5.39. The summed E-state index contributed by atoms with van der Waals surface area (Å²) in [5.41, 5.74) is 7.36. The van der Waals surface area contributed by atoms with E-state index in [1.807, 2.05) is 12.1 Å². The van der Waals surface area contributed by atoms with E-state index in [0.29, 0.717) is 16.0 Å². The third-order valence-electron chi connectivity index (χ3n) is 3.43. The van der Waals surface area contributed by atoms with Crippen molar-refractivity contribution in [2.24, 2.45) is 11.7 Å². The smallest absolute Gasteiger partial charge is 0.0424 e. The number of nitrogens with two attached hydrogens (primary N) is 1. The minimum atomic E-state index is 0.0801. The van der Waals surface area contributed by atoms with Crippen LogP contribution < -0.4 is 5.73 Å². The number of rotatable bonds is 2. The molecule has 0 unspecified atom stereocenters. The molecule has 0 radical (unpaired) electrons. The Morgan fingerprint density at radius 3 is 2.12 bits per heavy atom. The van der Waals surface area contributed by atoms with Gasteiger partial charge in [-0.15, -0.1) is 0 Å². The summed E-state index contributed by atoms with van der Waals surface area (Å²) in [4.78, 5) is 0. The standard InChI is InChI=1S/C13H17Cl2N/c14-11-6-10(7-12(15)8-11)13(16)9-4-2-1-3-5-9/h6-9,13H,1-5,16H2/t13-/m1/s1. The first kappa shape index (κ1) is 12.2. The summed E-state index contributed by atoms with van der Waals surface area (Å²) < 4.78 is 0. The molecule has 1 aromatic rings. The van der Waals surface area contributed by atoms with Crippen LogP contribution in [-0.2, 0) is 0 Å². The van der Waals surface area contributed by atoms with Gasteiger partial charge in [-0.2, -0.15) is 0 Å². The third kappa shape index (κ3) is 2.91. The van der Waals surface area contributed by atoms with Gasteiger partial charge in [0.15, 0.2) is 0 Å². The topological polar surface area (TPSA) is 26.0 Å². The van der Waals surface area contributed by atoms with Gasteiger partial charge in [-0.1, -0.05) is 42.5 Å². The van der Waals surface area contributed by atoms with Crippen LogP contribution >= 0.6 is 23.2 Å². The van der Waals surface area contributed by atoms with Crippen molar-refractivity contribution in [1.82, 2.24) is 0 Å². The van der Waals surface area contributed by atoms with E-state index in [1.54, 1.807) is 6.07 Å². The molecule has 1 fully saturated rings. The molecule has 1 atom stereocenters. The molecule has 1 aliphatic rings. The molecule has 1 saturated carbocycles. The zero-order valence-corrected chi connectivity index (χ0v) is 10.8. The maximum atomic E-state index is 6.29. The normalized spacial score (nSPS) is 19.7. The highest BCUT2D eigenvalue weighted by Gasteiger charge is 2.22. The lowest BCUT2D eigenvalue weighted by Gasteiger charge is -2.28. The monoisotopic (exact) mass is 257 g/mol. The van der Waals surface area contributed by atoms with Crippen molar-refractivity contribution in [3.05, 3.63) is 33.8 Å². The van der Waals surface area contributed by atoms with E-state index in [1.165, 1.54) is 32.1 Å². The zero-order valence-electron chi connectivity index (χ0n) is 9.26. The molecule has 1 aliphatic carbocycles. The predicted octanol–water partition coefficient (Wildman–Crippen LogP) is 4.57. The Labute approximate surface area is 107 Å². The minimum Gasteiger partial charge on any atom is -0.324 e. The summed E-state index contributed by atoms with van der Waals surface area (Å²) in [6.07, 6.45) is 6.40. The highest BCUT2D eigenvalue weighted by molar-refractivity contribution is 6.34. The van der Waals surface area contributed by atoms with E-state index in [0.717, 1.165) is 5.56 Å². The van der Waals surface area contributed by atoms with Gasteiger partial charge in [0.25, 0.3) is 0 Å². The fourth-order valence-electron chi connectivity index (χ4n) is 2.53. The van der Waals surface area contributed by atoms with Crippen molar-refractivity contribution < 1.29 is 0 Å². The summed E-state index contributed by atoms with van der Waals surface area (Å²) >= 11 is 12.0. The highest BCUT2D eigenvalue weighted by Crippen LogP contribution is 2.34. The van der Waals surface area contributed by atoms with Crippen LogP contribution in [0, 0.1) is 5.92 Å². The van der Waals surface area contributed by atoms with Crippen molar-refractivity contribution in [2.75, 3.05) is 0 Å². The fourth-order valence-corrected chi connectivity index (χ4v) is 3.08. The number of hydrogen-bond acceptors (Lipinski definition) is 1. The molecule has 0 amide bonds. The molecule has 0 spiro atoms. The Balaban J connectivity index is 2.15. The van der Waals surface area contributed by atoms with Crippen molar-refractivity contribution >= 4 is 23.2 Å². The quantitative estimate of drug-likeness (QED) is 0.825. The molecule has 1 aromatic carbocycles. The van der Waals surface area contributed by atoms with E-state index in [-0.39, 0.29) is 6.04 Å². The second-order valence-electron chi connectivity index (χ2n) is 4.63. The molecule has 2 N–H and O–H groups in total. The Bertz CT molecular complexity index is 339. The molecule has 3 heteroatoms. The van der Waals surface area contributed by atoms with E-state index >= 15 is 0 Å². The van der Waals surface area contributed by atoms with E-state index in [2.05, 4.69) is 0 Å². The van der Waals surface area contributed by atoms with Gasteiger partial charge in [-0.25, -0.2) is 0 Å². The van der Waals surface area contributed by atoms with E-state index in [4.69, 9.17) is 28.9 Å². The molecule has 0 saturated heterocycles. The Morgan fingerprint density at radius 2 is 1.56 bits per heavy atom. The van der Waals surface area contributed by atoms with E-state index in [9.17, 15) is 0 Å². The summed E-state index contributed by atoms with van der Waals surface area (Å²) in [5, 5.41) is 1.35. The molecule has 2 rings (SSSR count). The molecule has 0 heterocycles. The van der Waals surface area contributed by atoms with Gasteiger partial charge in [-0.05, 0) is 42.5 Å². The van der Waals surface area contributed by atoms with E-state index < -0.39 is 0 Å². The summed E-state index contributed by atoms with van der Waals surface area (Å²) in [7, 11) is 0. The van der Waals surface area contributed by atoms with Crippen LogP contribution in [0.15, 0.2) is 18.2 Å². The molecule has 0 bridgehead atoms. The molecular formula is C13H17Cl2N. The van der Waals surface area contributed by atoms with Gasteiger partial charge >= 0.3 is 0 Å². The molecule has 16 heavy (non-hydrogen) atoms. The average Bonchev–Trinajstić information content (AvgIpc) is 2.28. The molecular weight excluding hydrogens is 241 g/mol. The molecule has 1 nitrogen and oxygen atoms in total. The Morgan fingerprint density at radius 1 is 1.00 bits per heavy atom. The second-order valence-corrected chi connectivity index (χ2v) is 5.50. The highest BCUT2D eigenvalue weighted by atomic mass is 35.5.